The molecule has 2 rings (SSSR count). The molecule has 0 spiro atoms. The van der Waals surface area contributed by atoms with Gasteiger partial charge >= 0.3 is 5.97 Å². The highest BCUT2D eigenvalue weighted by atomic mass is 79.9. The van der Waals surface area contributed by atoms with Gasteiger partial charge in [-0.1, -0.05) is 12.1 Å². The number of carboxylic acids is 1. The summed E-state index contributed by atoms with van der Waals surface area (Å²) >= 11 is 3.31. The van der Waals surface area contributed by atoms with E-state index in [4.69, 9.17) is 10.8 Å². The number of carbonyl (C=O) groups is 1. The number of carboxylic acid groups (broad SMARTS) is 1. The van der Waals surface area contributed by atoms with E-state index in [1.54, 1.807) is 35.1 Å². The van der Waals surface area contributed by atoms with Crippen LogP contribution < -0.4 is 5.73 Å². The van der Waals surface area contributed by atoms with Gasteiger partial charge in [0.2, 0.25) is 0 Å². The summed E-state index contributed by atoms with van der Waals surface area (Å²) in [6, 6.07) is 5.93. The smallest absolute Gasteiger partial charge is 0.325 e. The van der Waals surface area contributed by atoms with E-state index in [0.29, 0.717) is 5.56 Å². The van der Waals surface area contributed by atoms with Crippen molar-refractivity contribution in [2.24, 2.45) is 5.73 Å². The lowest BCUT2D eigenvalue weighted by molar-refractivity contribution is -0.138. The Kier molecular flexibility index (Phi) is 3.26. The summed E-state index contributed by atoms with van der Waals surface area (Å²) in [6.45, 7) is 0. The lowest BCUT2D eigenvalue weighted by atomic mass is 10.1. The first-order valence-corrected chi connectivity index (χ1v) is 5.66. The van der Waals surface area contributed by atoms with Gasteiger partial charge in [-0.15, -0.1) is 0 Å². The topological polar surface area (TPSA) is 81.1 Å². The molecule has 0 radical (unpaired) electrons. The largest absolute Gasteiger partial charge is 0.480 e. The summed E-state index contributed by atoms with van der Waals surface area (Å²) in [6.07, 6.45) is 3.49. The van der Waals surface area contributed by atoms with Crippen LogP contribution in [0.1, 0.15) is 11.6 Å². The first-order chi connectivity index (χ1) is 8.08. The third-order valence-electron chi connectivity index (χ3n) is 2.33. The Bertz CT molecular complexity index is 536. The molecule has 5 nitrogen and oxygen atoms in total. The Morgan fingerprint density at radius 2 is 2.06 bits per heavy atom. The van der Waals surface area contributed by atoms with Crippen LogP contribution in [0.5, 0.6) is 0 Å². The highest BCUT2D eigenvalue weighted by molar-refractivity contribution is 9.10. The van der Waals surface area contributed by atoms with Crippen molar-refractivity contribution in [1.82, 2.24) is 9.78 Å². The van der Waals surface area contributed by atoms with Crippen LogP contribution in [0, 0.1) is 0 Å². The van der Waals surface area contributed by atoms with E-state index in [0.717, 1.165) is 10.2 Å². The van der Waals surface area contributed by atoms with Gasteiger partial charge in [-0.25, -0.2) is 4.68 Å². The number of aromatic nitrogens is 2. The van der Waals surface area contributed by atoms with E-state index >= 15 is 0 Å². The number of nitrogens with two attached hydrogens (primary N) is 1. The van der Waals surface area contributed by atoms with Crippen LogP contribution >= 0.6 is 15.9 Å². The molecule has 0 saturated heterocycles. The molecule has 1 aromatic carbocycles. The zero-order chi connectivity index (χ0) is 12.4. The van der Waals surface area contributed by atoms with Gasteiger partial charge < -0.3 is 10.8 Å². The fraction of sp³-hybridized carbons (Fsp3) is 0.0909. The molecular weight excluding hydrogens is 286 g/mol. The number of halogens is 1. The quantitative estimate of drug-likeness (QED) is 0.903. The summed E-state index contributed by atoms with van der Waals surface area (Å²) in [4.78, 5) is 10.7. The molecule has 0 aliphatic rings. The van der Waals surface area contributed by atoms with Crippen LogP contribution in [0.4, 0.5) is 0 Å². The van der Waals surface area contributed by atoms with E-state index in [2.05, 4.69) is 21.0 Å². The second kappa shape index (κ2) is 4.68. The maximum Gasteiger partial charge on any atom is 0.325 e. The van der Waals surface area contributed by atoms with Crippen LogP contribution in [0.15, 0.2) is 41.1 Å². The third kappa shape index (κ3) is 2.54. The van der Waals surface area contributed by atoms with E-state index in [1.165, 1.54) is 0 Å². The molecule has 1 atom stereocenters. The molecule has 0 aliphatic carbocycles. The molecular formula is C11H10BrN3O2. The molecule has 3 N–H and O–H groups in total. The Morgan fingerprint density at radius 1 is 1.41 bits per heavy atom. The van der Waals surface area contributed by atoms with Crippen molar-refractivity contribution < 1.29 is 9.90 Å². The fourth-order valence-electron chi connectivity index (χ4n) is 1.42. The van der Waals surface area contributed by atoms with Gasteiger partial charge in [-0.3, -0.25) is 4.79 Å². The molecule has 1 unspecified atom stereocenters. The molecule has 1 aromatic heterocycles. The summed E-state index contributed by atoms with van der Waals surface area (Å²) in [5.74, 6) is -1.04. The van der Waals surface area contributed by atoms with E-state index in [9.17, 15) is 4.79 Å². The molecule has 0 aliphatic heterocycles. The summed E-state index contributed by atoms with van der Waals surface area (Å²) in [5, 5.41) is 12.9. The SMILES string of the molecule is NC(C(=O)O)c1ccc(-n2cc(Br)cn2)cc1. The molecule has 2 aromatic rings. The number of aliphatic carboxylic acids is 1. The Balaban J connectivity index is 2.27. The number of hydrogen-bond donors (Lipinski definition) is 2. The Labute approximate surface area is 106 Å². The molecule has 17 heavy (non-hydrogen) atoms. The van der Waals surface area contributed by atoms with Crippen molar-refractivity contribution in [2.45, 2.75) is 6.04 Å². The molecule has 6 heteroatoms. The summed E-state index contributed by atoms with van der Waals surface area (Å²) in [7, 11) is 0. The van der Waals surface area contributed by atoms with Gasteiger partial charge in [0.1, 0.15) is 6.04 Å². The van der Waals surface area contributed by atoms with Crippen LogP contribution in [-0.4, -0.2) is 20.9 Å². The second-order valence-electron chi connectivity index (χ2n) is 3.51. The monoisotopic (exact) mass is 295 g/mol. The molecule has 0 bridgehead atoms. The Hall–Kier alpha value is -1.66. The predicted octanol–water partition coefficient (Wildman–Crippen LogP) is 1.72. The zero-order valence-corrected chi connectivity index (χ0v) is 10.3. The van der Waals surface area contributed by atoms with Crippen LogP contribution in [0.2, 0.25) is 0 Å². The fourth-order valence-corrected chi connectivity index (χ4v) is 1.70. The lowest BCUT2D eigenvalue weighted by Crippen LogP contribution is -2.20. The van der Waals surface area contributed by atoms with Crippen LogP contribution in [0.3, 0.4) is 0 Å². The van der Waals surface area contributed by atoms with E-state index in [-0.39, 0.29) is 0 Å². The highest BCUT2D eigenvalue weighted by Gasteiger charge is 2.13. The molecule has 1 heterocycles. The van der Waals surface area contributed by atoms with Crippen molar-refractivity contribution in [1.29, 1.82) is 0 Å². The molecule has 0 saturated carbocycles. The standard InChI is InChI=1S/C11H10BrN3O2/c12-8-5-14-15(6-8)9-3-1-7(2-4-9)10(13)11(16)17/h1-6,10H,13H2,(H,16,17). The van der Waals surface area contributed by atoms with Crippen molar-refractivity contribution in [3.8, 4) is 5.69 Å². The van der Waals surface area contributed by atoms with Crippen molar-refractivity contribution >= 4 is 21.9 Å². The minimum absolute atomic E-state index is 0.562. The number of benzene rings is 1. The van der Waals surface area contributed by atoms with Crippen molar-refractivity contribution in [2.75, 3.05) is 0 Å². The second-order valence-corrected chi connectivity index (χ2v) is 4.43. The van der Waals surface area contributed by atoms with Gasteiger partial charge in [0.25, 0.3) is 0 Å². The maximum atomic E-state index is 10.7. The van der Waals surface area contributed by atoms with Gasteiger partial charge in [0.05, 0.1) is 16.4 Å². The molecule has 88 valence electrons. The summed E-state index contributed by atoms with van der Waals surface area (Å²) in [5.41, 5.74) is 6.91. The van der Waals surface area contributed by atoms with Crippen molar-refractivity contribution in [3.63, 3.8) is 0 Å². The first-order valence-electron chi connectivity index (χ1n) is 4.87. The number of nitrogens with zero attached hydrogens (tertiary/aromatic N) is 2. The average Bonchev–Trinajstić information content (AvgIpc) is 2.75. The number of rotatable bonds is 3. The van der Waals surface area contributed by atoms with E-state index < -0.39 is 12.0 Å². The van der Waals surface area contributed by atoms with E-state index in [1.807, 2.05) is 6.20 Å². The van der Waals surface area contributed by atoms with Crippen molar-refractivity contribution in [3.05, 3.63) is 46.7 Å². The van der Waals surface area contributed by atoms with Gasteiger partial charge in [0.15, 0.2) is 0 Å². The average molecular weight is 296 g/mol. The zero-order valence-electron chi connectivity index (χ0n) is 8.75. The summed E-state index contributed by atoms with van der Waals surface area (Å²) < 4.78 is 2.56. The minimum Gasteiger partial charge on any atom is -0.480 e. The van der Waals surface area contributed by atoms with Crippen LogP contribution in [0.25, 0.3) is 5.69 Å². The lowest BCUT2D eigenvalue weighted by Gasteiger charge is -2.07. The molecule has 0 amide bonds. The highest BCUT2D eigenvalue weighted by Crippen LogP contribution is 2.16. The normalized spacial score (nSPS) is 12.4. The Morgan fingerprint density at radius 3 is 2.53 bits per heavy atom. The minimum atomic E-state index is -1.04. The van der Waals surface area contributed by atoms with Gasteiger partial charge in [-0.05, 0) is 33.6 Å². The third-order valence-corrected chi connectivity index (χ3v) is 2.74. The van der Waals surface area contributed by atoms with Gasteiger partial charge in [0, 0.05) is 6.20 Å². The number of hydrogen-bond acceptors (Lipinski definition) is 3. The predicted molar refractivity (Wildman–Crippen MR) is 65.8 cm³/mol. The van der Waals surface area contributed by atoms with Gasteiger partial charge in [-0.2, -0.15) is 5.10 Å². The first kappa shape index (κ1) is 11.8. The maximum absolute atomic E-state index is 10.7. The van der Waals surface area contributed by atoms with Crippen LogP contribution in [-0.2, 0) is 4.79 Å². The molecule has 0 fully saturated rings.